The summed E-state index contributed by atoms with van der Waals surface area (Å²) in [5.74, 6) is 0.879. The lowest BCUT2D eigenvalue weighted by Crippen LogP contribution is -1.88. The van der Waals surface area contributed by atoms with Crippen LogP contribution in [0.3, 0.4) is 0 Å². The standard InChI is InChI=1S/C15H16ClNS/c1-10-3-4-12(14(16)7-10)9-18-15-6-5-13(17)8-11(15)2/h3-8H,9,17H2,1-2H3. The lowest BCUT2D eigenvalue weighted by atomic mass is 10.2. The quantitative estimate of drug-likeness (QED) is 0.642. The molecular formula is C15H16ClNS. The van der Waals surface area contributed by atoms with Crippen molar-refractivity contribution in [2.24, 2.45) is 0 Å². The predicted molar refractivity (Wildman–Crippen MR) is 81.3 cm³/mol. The smallest absolute Gasteiger partial charge is 0.0449 e. The van der Waals surface area contributed by atoms with Gasteiger partial charge in [0, 0.05) is 21.4 Å². The number of hydrogen-bond acceptors (Lipinski definition) is 2. The summed E-state index contributed by atoms with van der Waals surface area (Å²) in [7, 11) is 0. The predicted octanol–water partition coefficient (Wildman–Crippen LogP) is 4.83. The van der Waals surface area contributed by atoms with Gasteiger partial charge in [0.05, 0.1) is 0 Å². The largest absolute Gasteiger partial charge is 0.399 e. The first kappa shape index (κ1) is 13.3. The molecule has 2 N–H and O–H groups in total. The Morgan fingerprint density at radius 2 is 1.89 bits per heavy atom. The molecule has 0 aromatic heterocycles. The molecule has 0 amide bonds. The minimum Gasteiger partial charge on any atom is -0.399 e. The molecule has 0 aliphatic rings. The second-order valence-corrected chi connectivity index (χ2v) is 5.83. The van der Waals surface area contributed by atoms with Gasteiger partial charge in [-0.1, -0.05) is 23.7 Å². The van der Waals surface area contributed by atoms with E-state index in [1.165, 1.54) is 21.6 Å². The van der Waals surface area contributed by atoms with Crippen LogP contribution in [0.15, 0.2) is 41.3 Å². The van der Waals surface area contributed by atoms with E-state index in [2.05, 4.69) is 25.1 Å². The third-order valence-corrected chi connectivity index (χ3v) is 4.37. The molecule has 0 radical (unpaired) electrons. The van der Waals surface area contributed by atoms with Crippen molar-refractivity contribution >= 4 is 29.1 Å². The monoisotopic (exact) mass is 277 g/mol. The third-order valence-electron chi connectivity index (χ3n) is 2.79. The molecule has 0 saturated heterocycles. The van der Waals surface area contributed by atoms with Crippen molar-refractivity contribution in [3.63, 3.8) is 0 Å². The number of rotatable bonds is 3. The first-order valence-corrected chi connectivity index (χ1v) is 7.16. The number of hydrogen-bond donors (Lipinski definition) is 1. The Balaban J connectivity index is 2.11. The van der Waals surface area contributed by atoms with Gasteiger partial charge in [0.25, 0.3) is 0 Å². The van der Waals surface area contributed by atoms with E-state index in [1.807, 2.05) is 25.1 Å². The van der Waals surface area contributed by atoms with E-state index in [9.17, 15) is 0 Å². The molecule has 0 unspecified atom stereocenters. The van der Waals surface area contributed by atoms with Crippen LogP contribution in [0.5, 0.6) is 0 Å². The van der Waals surface area contributed by atoms with E-state index in [-0.39, 0.29) is 0 Å². The Hall–Kier alpha value is -1.12. The van der Waals surface area contributed by atoms with Crippen LogP contribution in [0.2, 0.25) is 5.02 Å². The number of aryl methyl sites for hydroxylation is 2. The Labute approximate surface area is 117 Å². The number of nitrogens with two attached hydrogens (primary N) is 1. The summed E-state index contributed by atoms with van der Waals surface area (Å²) < 4.78 is 0. The first-order chi connectivity index (χ1) is 8.56. The Bertz CT molecular complexity index is 515. The second-order valence-electron chi connectivity index (χ2n) is 4.41. The SMILES string of the molecule is Cc1ccc(CSc2ccc(N)cc2C)c(Cl)c1. The summed E-state index contributed by atoms with van der Waals surface area (Å²) in [6, 6.07) is 12.2. The van der Waals surface area contributed by atoms with Crippen LogP contribution in [-0.2, 0) is 5.75 Å². The summed E-state index contributed by atoms with van der Waals surface area (Å²) in [5.41, 5.74) is 10.1. The highest BCUT2D eigenvalue weighted by atomic mass is 35.5. The van der Waals surface area contributed by atoms with Crippen molar-refractivity contribution in [3.8, 4) is 0 Å². The lowest BCUT2D eigenvalue weighted by Gasteiger charge is -2.08. The number of halogens is 1. The molecule has 2 aromatic carbocycles. The van der Waals surface area contributed by atoms with Crippen molar-refractivity contribution in [2.45, 2.75) is 24.5 Å². The van der Waals surface area contributed by atoms with Gasteiger partial charge in [0.1, 0.15) is 0 Å². The Morgan fingerprint density at radius 3 is 2.56 bits per heavy atom. The zero-order valence-electron chi connectivity index (χ0n) is 10.5. The highest BCUT2D eigenvalue weighted by Crippen LogP contribution is 2.30. The second kappa shape index (κ2) is 5.68. The van der Waals surface area contributed by atoms with Gasteiger partial charge in [-0.2, -0.15) is 0 Å². The van der Waals surface area contributed by atoms with Gasteiger partial charge < -0.3 is 5.73 Å². The summed E-state index contributed by atoms with van der Waals surface area (Å²) in [6.45, 7) is 4.13. The maximum absolute atomic E-state index is 6.23. The molecule has 1 nitrogen and oxygen atoms in total. The van der Waals surface area contributed by atoms with Crippen molar-refractivity contribution in [1.29, 1.82) is 0 Å². The topological polar surface area (TPSA) is 26.0 Å². The van der Waals surface area contributed by atoms with E-state index in [4.69, 9.17) is 17.3 Å². The minimum atomic E-state index is 0.810. The van der Waals surface area contributed by atoms with Crippen LogP contribution in [-0.4, -0.2) is 0 Å². The summed E-state index contributed by atoms with van der Waals surface area (Å²) >= 11 is 8.02. The van der Waals surface area contributed by atoms with Crippen LogP contribution >= 0.6 is 23.4 Å². The highest BCUT2D eigenvalue weighted by molar-refractivity contribution is 7.98. The highest BCUT2D eigenvalue weighted by Gasteiger charge is 2.04. The number of anilines is 1. The number of thioether (sulfide) groups is 1. The normalized spacial score (nSPS) is 10.6. The van der Waals surface area contributed by atoms with Crippen molar-refractivity contribution in [1.82, 2.24) is 0 Å². The summed E-state index contributed by atoms with van der Waals surface area (Å²) in [6.07, 6.45) is 0. The van der Waals surface area contributed by atoms with Crippen molar-refractivity contribution < 1.29 is 0 Å². The summed E-state index contributed by atoms with van der Waals surface area (Å²) in [5, 5.41) is 0.843. The van der Waals surface area contributed by atoms with Crippen LogP contribution in [0.4, 0.5) is 5.69 Å². The molecule has 0 saturated carbocycles. The fourth-order valence-electron chi connectivity index (χ4n) is 1.76. The van der Waals surface area contributed by atoms with Crippen LogP contribution in [0, 0.1) is 13.8 Å². The molecule has 0 atom stereocenters. The summed E-state index contributed by atoms with van der Waals surface area (Å²) in [4.78, 5) is 1.25. The molecule has 2 aromatic rings. The average molecular weight is 278 g/mol. The molecule has 2 rings (SSSR count). The number of benzene rings is 2. The zero-order valence-corrected chi connectivity index (χ0v) is 12.1. The third kappa shape index (κ3) is 3.21. The van der Waals surface area contributed by atoms with E-state index >= 15 is 0 Å². The van der Waals surface area contributed by atoms with E-state index in [0.29, 0.717) is 0 Å². The van der Waals surface area contributed by atoms with Gasteiger partial charge in [0.2, 0.25) is 0 Å². The molecule has 18 heavy (non-hydrogen) atoms. The molecule has 0 spiro atoms. The number of nitrogen functional groups attached to an aromatic ring is 1. The maximum atomic E-state index is 6.23. The van der Waals surface area contributed by atoms with Gasteiger partial charge in [-0.15, -0.1) is 11.8 Å². The molecule has 3 heteroatoms. The molecule has 0 fully saturated rings. The fraction of sp³-hybridized carbons (Fsp3) is 0.200. The minimum absolute atomic E-state index is 0.810. The first-order valence-electron chi connectivity index (χ1n) is 5.80. The van der Waals surface area contributed by atoms with Gasteiger partial charge >= 0.3 is 0 Å². The molecule has 0 aliphatic heterocycles. The average Bonchev–Trinajstić information content (AvgIpc) is 2.30. The van der Waals surface area contributed by atoms with E-state index < -0.39 is 0 Å². The van der Waals surface area contributed by atoms with E-state index in [1.54, 1.807) is 11.8 Å². The Morgan fingerprint density at radius 1 is 1.11 bits per heavy atom. The van der Waals surface area contributed by atoms with Crippen LogP contribution in [0.25, 0.3) is 0 Å². The van der Waals surface area contributed by atoms with Crippen molar-refractivity contribution in [3.05, 3.63) is 58.1 Å². The van der Waals surface area contributed by atoms with Gasteiger partial charge in [-0.25, -0.2) is 0 Å². The van der Waals surface area contributed by atoms with E-state index in [0.717, 1.165) is 16.5 Å². The molecule has 94 valence electrons. The van der Waals surface area contributed by atoms with Crippen LogP contribution < -0.4 is 5.73 Å². The molecule has 0 bridgehead atoms. The fourth-order valence-corrected chi connectivity index (χ4v) is 3.15. The van der Waals surface area contributed by atoms with Gasteiger partial charge in [0.15, 0.2) is 0 Å². The zero-order chi connectivity index (χ0) is 13.1. The molecule has 0 heterocycles. The lowest BCUT2D eigenvalue weighted by molar-refractivity contribution is 1.29. The van der Waals surface area contributed by atoms with Crippen LogP contribution in [0.1, 0.15) is 16.7 Å². The van der Waals surface area contributed by atoms with Gasteiger partial charge in [-0.05, 0) is 54.8 Å². The van der Waals surface area contributed by atoms with Crippen molar-refractivity contribution in [2.75, 3.05) is 5.73 Å². The maximum Gasteiger partial charge on any atom is 0.0449 e. The van der Waals surface area contributed by atoms with Gasteiger partial charge in [-0.3, -0.25) is 0 Å². The molecule has 0 aliphatic carbocycles. The Kier molecular flexibility index (Phi) is 4.20. The molecular weight excluding hydrogens is 262 g/mol.